The number of aryl methyl sites for hydroxylation is 2. The van der Waals surface area contributed by atoms with Crippen LogP contribution in [0.5, 0.6) is 0 Å². The zero-order chi connectivity index (χ0) is 16.7. The Morgan fingerprint density at radius 1 is 1.04 bits per heavy atom. The molecule has 0 saturated heterocycles. The molecule has 0 atom stereocenters. The van der Waals surface area contributed by atoms with Gasteiger partial charge in [0.25, 0.3) is 0 Å². The Bertz CT molecular complexity index is 790. The fraction of sp³-hybridized carbons (Fsp3) is 0.300. The molecule has 3 heteroatoms. The summed E-state index contributed by atoms with van der Waals surface area (Å²) in [5, 5.41) is 0. The van der Waals surface area contributed by atoms with Crippen molar-refractivity contribution in [2.24, 2.45) is 0 Å². The van der Waals surface area contributed by atoms with E-state index in [1.54, 1.807) is 12.1 Å². The molecule has 2 aromatic carbocycles. The molecule has 1 heterocycles. The van der Waals surface area contributed by atoms with Crippen molar-refractivity contribution in [1.82, 2.24) is 4.90 Å². The van der Waals surface area contributed by atoms with Crippen LogP contribution in [-0.4, -0.2) is 25.5 Å². The summed E-state index contributed by atoms with van der Waals surface area (Å²) in [5.74, 6) is -0.185. The topological polar surface area (TPSA) is 6.48 Å². The SMILES string of the molecule is C/C(=C1/CN(c2ccc(C)c(C)c2)c2ccc(F)cc21)N(C)C. The molecule has 0 aliphatic carbocycles. The highest BCUT2D eigenvalue weighted by Crippen LogP contribution is 2.42. The molecule has 0 radical (unpaired) electrons. The molecule has 0 spiro atoms. The van der Waals surface area contributed by atoms with Gasteiger partial charge in [-0.2, -0.15) is 0 Å². The van der Waals surface area contributed by atoms with Crippen LogP contribution in [0.25, 0.3) is 5.57 Å². The van der Waals surface area contributed by atoms with Crippen molar-refractivity contribution in [2.75, 3.05) is 25.5 Å². The first-order chi connectivity index (χ1) is 10.9. The number of hydrogen-bond acceptors (Lipinski definition) is 2. The summed E-state index contributed by atoms with van der Waals surface area (Å²) in [6.07, 6.45) is 0. The number of benzene rings is 2. The molecule has 0 unspecified atom stereocenters. The third-order valence-corrected chi connectivity index (χ3v) is 4.80. The van der Waals surface area contributed by atoms with E-state index in [0.29, 0.717) is 0 Å². The standard InChI is InChI=1S/C20H23FN2/c1-13-6-8-17(10-14(13)2)23-12-19(15(3)22(4)5)18-11-16(21)7-9-20(18)23/h6-11H,12H2,1-5H3/b19-15+. The van der Waals surface area contributed by atoms with E-state index in [2.05, 4.69) is 48.8 Å². The van der Waals surface area contributed by atoms with Gasteiger partial charge in [-0.25, -0.2) is 4.39 Å². The van der Waals surface area contributed by atoms with Gasteiger partial charge in [0.15, 0.2) is 0 Å². The quantitative estimate of drug-likeness (QED) is 0.779. The second kappa shape index (κ2) is 5.73. The van der Waals surface area contributed by atoms with Gasteiger partial charge < -0.3 is 9.80 Å². The van der Waals surface area contributed by atoms with Crippen LogP contribution in [0.2, 0.25) is 0 Å². The minimum atomic E-state index is -0.185. The largest absolute Gasteiger partial charge is 0.381 e. The molecule has 1 aliphatic rings. The summed E-state index contributed by atoms with van der Waals surface area (Å²) in [5.41, 5.74) is 8.13. The highest BCUT2D eigenvalue weighted by Gasteiger charge is 2.27. The van der Waals surface area contributed by atoms with Gasteiger partial charge in [-0.15, -0.1) is 0 Å². The van der Waals surface area contributed by atoms with E-state index in [0.717, 1.165) is 23.5 Å². The predicted octanol–water partition coefficient (Wildman–Crippen LogP) is 4.89. The second-order valence-electron chi connectivity index (χ2n) is 6.47. The minimum absolute atomic E-state index is 0.185. The summed E-state index contributed by atoms with van der Waals surface area (Å²) in [4.78, 5) is 4.36. The minimum Gasteiger partial charge on any atom is -0.381 e. The van der Waals surface area contributed by atoms with Crippen LogP contribution in [0, 0.1) is 19.7 Å². The van der Waals surface area contributed by atoms with Gasteiger partial charge >= 0.3 is 0 Å². The Morgan fingerprint density at radius 3 is 2.43 bits per heavy atom. The fourth-order valence-electron chi connectivity index (χ4n) is 3.02. The van der Waals surface area contributed by atoms with E-state index in [4.69, 9.17) is 0 Å². The van der Waals surface area contributed by atoms with Crippen LogP contribution >= 0.6 is 0 Å². The zero-order valence-corrected chi connectivity index (χ0v) is 14.4. The maximum atomic E-state index is 13.8. The highest BCUT2D eigenvalue weighted by molar-refractivity contribution is 5.90. The smallest absolute Gasteiger partial charge is 0.123 e. The lowest BCUT2D eigenvalue weighted by atomic mass is 10.1. The van der Waals surface area contributed by atoms with Gasteiger partial charge in [-0.3, -0.25) is 0 Å². The van der Waals surface area contributed by atoms with E-state index in [1.807, 2.05) is 20.2 Å². The van der Waals surface area contributed by atoms with E-state index >= 15 is 0 Å². The van der Waals surface area contributed by atoms with Crippen LogP contribution < -0.4 is 4.90 Å². The number of fused-ring (bicyclic) bond motifs is 1. The molecule has 2 nitrogen and oxygen atoms in total. The van der Waals surface area contributed by atoms with Crippen LogP contribution in [0.15, 0.2) is 42.1 Å². The summed E-state index contributed by atoms with van der Waals surface area (Å²) < 4.78 is 13.8. The number of halogens is 1. The number of hydrogen-bond donors (Lipinski definition) is 0. The van der Waals surface area contributed by atoms with Gasteiger partial charge in [0.2, 0.25) is 0 Å². The van der Waals surface area contributed by atoms with Crippen LogP contribution in [-0.2, 0) is 0 Å². The molecule has 120 valence electrons. The number of rotatable bonds is 2. The van der Waals surface area contributed by atoms with Gasteiger partial charge in [-0.05, 0) is 62.2 Å². The summed E-state index contributed by atoms with van der Waals surface area (Å²) >= 11 is 0. The lowest BCUT2D eigenvalue weighted by molar-refractivity contribution is 0.515. The van der Waals surface area contributed by atoms with Crippen LogP contribution in [0.1, 0.15) is 23.6 Å². The van der Waals surface area contributed by atoms with Crippen molar-refractivity contribution in [2.45, 2.75) is 20.8 Å². The molecule has 0 aromatic heterocycles. The van der Waals surface area contributed by atoms with Gasteiger partial charge in [0.05, 0.1) is 6.54 Å². The van der Waals surface area contributed by atoms with Crippen LogP contribution in [0.3, 0.4) is 0 Å². The number of allylic oxidation sites excluding steroid dienone is 1. The molecule has 0 bridgehead atoms. The Labute approximate surface area is 137 Å². The Hall–Kier alpha value is -2.29. The van der Waals surface area contributed by atoms with Crippen molar-refractivity contribution < 1.29 is 4.39 Å². The third-order valence-electron chi connectivity index (χ3n) is 4.80. The predicted molar refractivity (Wildman–Crippen MR) is 95.6 cm³/mol. The number of anilines is 2. The third kappa shape index (κ3) is 2.72. The van der Waals surface area contributed by atoms with Crippen LogP contribution in [0.4, 0.5) is 15.8 Å². The molecule has 3 rings (SSSR count). The molecule has 0 amide bonds. The fourth-order valence-corrected chi connectivity index (χ4v) is 3.02. The van der Waals surface area contributed by atoms with Crippen molar-refractivity contribution >= 4 is 16.9 Å². The highest BCUT2D eigenvalue weighted by atomic mass is 19.1. The van der Waals surface area contributed by atoms with Crippen molar-refractivity contribution in [3.05, 3.63) is 64.6 Å². The second-order valence-corrected chi connectivity index (χ2v) is 6.47. The van der Waals surface area contributed by atoms with Crippen molar-refractivity contribution in [3.63, 3.8) is 0 Å². The van der Waals surface area contributed by atoms with E-state index in [-0.39, 0.29) is 5.82 Å². The first-order valence-electron chi connectivity index (χ1n) is 7.90. The number of nitrogens with zero attached hydrogens (tertiary/aromatic N) is 2. The molecular formula is C20H23FN2. The average molecular weight is 310 g/mol. The Kier molecular flexibility index (Phi) is 3.88. The molecular weight excluding hydrogens is 287 g/mol. The van der Waals surface area contributed by atoms with E-state index in [1.165, 1.54) is 22.4 Å². The normalized spacial score (nSPS) is 15.7. The van der Waals surface area contributed by atoms with E-state index < -0.39 is 0 Å². The monoisotopic (exact) mass is 310 g/mol. The molecule has 0 fully saturated rings. The van der Waals surface area contributed by atoms with Crippen molar-refractivity contribution in [1.29, 1.82) is 0 Å². The summed E-state index contributed by atoms with van der Waals surface area (Å²) in [6, 6.07) is 11.6. The van der Waals surface area contributed by atoms with E-state index in [9.17, 15) is 4.39 Å². The maximum Gasteiger partial charge on any atom is 0.123 e. The molecule has 23 heavy (non-hydrogen) atoms. The summed E-state index contributed by atoms with van der Waals surface area (Å²) in [7, 11) is 4.06. The average Bonchev–Trinajstić information content (AvgIpc) is 2.87. The lowest BCUT2D eigenvalue weighted by Crippen LogP contribution is -2.16. The Morgan fingerprint density at radius 2 is 1.78 bits per heavy atom. The molecule has 0 N–H and O–H groups in total. The first-order valence-corrected chi connectivity index (χ1v) is 7.90. The maximum absolute atomic E-state index is 13.8. The summed E-state index contributed by atoms with van der Waals surface area (Å²) in [6.45, 7) is 7.11. The van der Waals surface area contributed by atoms with Gasteiger partial charge in [0.1, 0.15) is 5.82 Å². The van der Waals surface area contributed by atoms with Gasteiger partial charge in [0, 0.05) is 42.3 Å². The molecule has 1 aliphatic heterocycles. The Balaban J connectivity index is 2.15. The molecule has 2 aromatic rings. The molecule has 0 saturated carbocycles. The van der Waals surface area contributed by atoms with Crippen molar-refractivity contribution in [3.8, 4) is 0 Å². The van der Waals surface area contributed by atoms with Gasteiger partial charge in [-0.1, -0.05) is 6.07 Å². The lowest BCUT2D eigenvalue weighted by Gasteiger charge is -2.21. The zero-order valence-electron chi connectivity index (χ0n) is 14.4. The first kappa shape index (κ1) is 15.6.